The lowest BCUT2D eigenvalue weighted by Crippen LogP contribution is -2.17. The van der Waals surface area contributed by atoms with Crippen LogP contribution in [0.3, 0.4) is 0 Å². The molecule has 7 nitrogen and oxygen atoms in total. The average Bonchev–Trinajstić information content (AvgIpc) is 3.62. The fourth-order valence-electron chi connectivity index (χ4n) is 4.12. The summed E-state index contributed by atoms with van der Waals surface area (Å²) in [5.74, 6) is 0.568. The minimum atomic E-state index is -0.104. The molecule has 4 heterocycles. The third-order valence-electron chi connectivity index (χ3n) is 6.00. The molecule has 0 aliphatic carbocycles. The average molecular weight is 479 g/mol. The lowest BCUT2D eigenvalue weighted by Gasteiger charge is -2.09. The zero-order valence-corrected chi connectivity index (χ0v) is 20.0. The molecule has 4 aromatic heterocycles. The van der Waals surface area contributed by atoms with Gasteiger partial charge in [0.15, 0.2) is 5.82 Å². The van der Waals surface area contributed by atoms with Gasteiger partial charge >= 0.3 is 0 Å². The summed E-state index contributed by atoms with van der Waals surface area (Å²) >= 11 is 1.67. The molecule has 0 radical (unpaired) electrons. The van der Waals surface area contributed by atoms with Gasteiger partial charge in [-0.3, -0.25) is 14.9 Å². The third-order valence-corrected chi connectivity index (χ3v) is 6.68. The molecule has 35 heavy (non-hydrogen) atoms. The fraction of sp³-hybridized carbons (Fsp3) is 0.111. The second-order valence-corrected chi connectivity index (χ2v) is 9.52. The molecule has 6 aromatic rings. The second kappa shape index (κ2) is 8.48. The van der Waals surface area contributed by atoms with E-state index < -0.39 is 0 Å². The van der Waals surface area contributed by atoms with Gasteiger partial charge in [0, 0.05) is 28.6 Å². The predicted molar refractivity (Wildman–Crippen MR) is 141 cm³/mol. The van der Waals surface area contributed by atoms with Gasteiger partial charge in [-0.05, 0) is 52.2 Å². The maximum absolute atomic E-state index is 12.1. The number of carbonyl (C=O) groups is 1. The number of aromatic amines is 2. The van der Waals surface area contributed by atoms with Crippen molar-refractivity contribution in [2.45, 2.75) is 13.8 Å². The number of aromatic nitrogens is 5. The SMILES string of the molecule is CC(C)C(=O)Nc1cncc(-c2ccc3[nH]nc(-c4nc5c(-c6ccsc6)cccc5[nH]4)c3c2)c1. The first-order valence-electron chi connectivity index (χ1n) is 11.3. The minimum Gasteiger partial charge on any atom is -0.337 e. The number of hydrogen-bond acceptors (Lipinski definition) is 5. The van der Waals surface area contributed by atoms with E-state index in [4.69, 9.17) is 4.98 Å². The summed E-state index contributed by atoms with van der Waals surface area (Å²) in [6.45, 7) is 3.73. The van der Waals surface area contributed by atoms with Crippen LogP contribution in [0.25, 0.3) is 55.7 Å². The molecule has 172 valence electrons. The molecule has 1 amide bonds. The largest absolute Gasteiger partial charge is 0.337 e. The summed E-state index contributed by atoms with van der Waals surface area (Å²) in [5.41, 5.74) is 8.37. The summed E-state index contributed by atoms with van der Waals surface area (Å²) in [6, 6.07) is 16.3. The van der Waals surface area contributed by atoms with Crippen molar-refractivity contribution in [3.8, 4) is 33.8 Å². The number of H-pyrrole nitrogens is 2. The van der Waals surface area contributed by atoms with E-state index in [9.17, 15) is 4.79 Å². The van der Waals surface area contributed by atoms with Gasteiger partial charge < -0.3 is 10.3 Å². The zero-order chi connectivity index (χ0) is 23.9. The number of benzene rings is 2. The van der Waals surface area contributed by atoms with E-state index >= 15 is 0 Å². The Morgan fingerprint density at radius 1 is 1.00 bits per heavy atom. The number of nitrogens with one attached hydrogen (secondary N) is 3. The van der Waals surface area contributed by atoms with Gasteiger partial charge in [0.05, 0.1) is 28.4 Å². The zero-order valence-electron chi connectivity index (χ0n) is 19.2. The van der Waals surface area contributed by atoms with Crippen LogP contribution in [0, 0.1) is 5.92 Å². The van der Waals surface area contributed by atoms with Crippen LogP contribution >= 0.6 is 11.3 Å². The van der Waals surface area contributed by atoms with E-state index in [1.54, 1.807) is 23.7 Å². The molecule has 0 saturated carbocycles. The van der Waals surface area contributed by atoms with Gasteiger partial charge in [-0.1, -0.05) is 32.0 Å². The van der Waals surface area contributed by atoms with Gasteiger partial charge in [-0.15, -0.1) is 0 Å². The molecule has 2 aromatic carbocycles. The quantitative estimate of drug-likeness (QED) is 0.264. The Bertz CT molecular complexity index is 1680. The highest BCUT2D eigenvalue weighted by Crippen LogP contribution is 2.34. The Kier molecular flexibility index (Phi) is 5.15. The molecule has 0 bridgehead atoms. The molecular formula is C27H22N6OS. The summed E-state index contributed by atoms with van der Waals surface area (Å²) < 4.78 is 0. The summed E-state index contributed by atoms with van der Waals surface area (Å²) in [7, 11) is 0. The number of rotatable bonds is 5. The number of para-hydroxylation sites is 1. The highest BCUT2D eigenvalue weighted by molar-refractivity contribution is 7.08. The van der Waals surface area contributed by atoms with E-state index in [-0.39, 0.29) is 11.8 Å². The number of carbonyl (C=O) groups excluding carboxylic acids is 1. The standard InChI is InChI=1S/C27H22N6OS/c1-15(2)27(34)29-19-10-18(12-28-13-19)16-6-7-22-21(11-16)25(33-32-22)26-30-23-5-3-4-20(24(23)31-26)17-8-9-35-14-17/h3-15H,1-2H3,(H,29,34)(H,30,31)(H,32,33). The monoisotopic (exact) mass is 478 g/mol. The summed E-state index contributed by atoms with van der Waals surface area (Å²) in [4.78, 5) is 24.8. The van der Waals surface area contributed by atoms with E-state index in [1.165, 1.54) is 0 Å². The number of thiophene rings is 1. The van der Waals surface area contributed by atoms with Crippen LogP contribution in [0.4, 0.5) is 5.69 Å². The van der Waals surface area contributed by atoms with Crippen molar-refractivity contribution < 1.29 is 4.79 Å². The predicted octanol–water partition coefficient (Wildman–Crippen LogP) is 6.49. The first-order valence-corrected chi connectivity index (χ1v) is 12.3. The van der Waals surface area contributed by atoms with E-state index in [0.29, 0.717) is 11.5 Å². The Labute approximate surface area is 205 Å². The Hall–Kier alpha value is -4.30. The van der Waals surface area contributed by atoms with Crippen molar-refractivity contribution in [2.75, 3.05) is 5.32 Å². The Morgan fingerprint density at radius 2 is 1.91 bits per heavy atom. The van der Waals surface area contributed by atoms with Crippen molar-refractivity contribution >= 4 is 44.9 Å². The first kappa shape index (κ1) is 21.2. The molecular weight excluding hydrogens is 456 g/mol. The van der Waals surface area contributed by atoms with E-state index in [0.717, 1.165) is 49.9 Å². The number of fused-ring (bicyclic) bond motifs is 2. The van der Waals surface area contributed by atoms with Crippen LogP contribution < -0.4 is 5.32 Å². The van der Waals surface area contributed by atoms with Crippen molar-refractivity contribution in [1.82, 2.24) is 25.1 Å². The van der Waals surface area contributed by atoms with Gasteiger partial charge in [-0.2, -0.15) is 16.4 Å². The third kappa shape index (κ3) is 3.87. The number of imidazole rings is 1. The lowest BCUT2D eigenvalue weighted by atomic mass is 10.0. The Morgan fingerprint density at radius 3 is 2.74 bits per heavy atom. The summed E-state index contributed by atoms with van der Waals surface area (Å²) in [5, 5.41) is 15.8. The van der Waals surface area contributed by atoms with Crippen molar-refractivity contribution in [3.05, 3.63) is 71.7 Å². The smallest absolute Gasteiger partial charge is 0.226 e. The van der Waals surface area contributed by atoms with Crippen LogP contribution in [0.1, 0.15) is 13.8 Å². The maximum atomic E-state index is 12.1. The van der Waals surface area contributed by atoms with Crippen LogP contribution in [0.5, 0.6) is 0 Å². The van der Waals surface area contributed by atoms with Crippen LogP contribution in [0.15, 0.2) is 71.7 Å². The highest BCUT2D eigenvalue weighted by Gasteiger charge is 2.16. The molecule has 0 spiro atoms. The van der Waals surface area contributed by atoms with Gasteiger partial charge in [0.25, 0.3) is 0 Å². The number of pyridine rings is 1. The molecule has 0 fully saturated rings. The first-order chi connectivity index (χ1) is 17.1. The van der Waals surface area contributed by atoms with Crippen molar-refractivity contribution in [3.63, 3.8) is 0 Å². The number of hydrogen-bond donors (Lipinski definition) is 3. The summed E-state index contributed by atoms with van der Waals surface area (Å²) in [6.07, 6.45) is 3.45. The van der Waals surface area contributed by atoms with Crippen molar-refractivity contribution in [2.24, 2.45) is 5.92 Å². The van der Waals surface area contributed by atoms with Gasteiger partial charge in [0.1, 0.15) is 5.69 Å². The van der Waals surface area contributed by atoms with Crippen LogP contribution in [-0.4, -0.2) is 31.1 Å². The number of nitrogens with zero attached hydrogens (tertiary/aromatic N) is 3. The molecule has 0 saturated heterocycles. The Balaban J connectivity index is 1.41. The fourth-order valence-corrected chi connectivity index (χ4v) is 4.78. The van der Waals surface area contributed by atoms with Crippen LogP contribution in [0.2, 0.25) is 0 Å². The molecule has 0 aliphatic heterocycles. The molecule has 0 aliphatic rings. The van der Waals surface area contributed by atoms with E-state index in [2.05, 4.69) is 54.4 Å². The van der Waals surface area contributed by atoms with Crippen LogP contribution in [-0.2, 0) is 4.79 Å². The van der Waals surface area contributed by atoms with Gasteiger partial charge in [-0.25, -0.2) is 4.98 Å². The number of anilines is 1. The molecule has 0 atom stereocenters. The highest BCUT2D eigenvalue weighted by atomic mass is 32.1. The minimum absolute atomic E-state index is 0.0387. The molecule has 6 rings (SSSR count). The topological polar surface area (TPSA) is 99.3 Å². The molecule has 3 N–H and O–H groups in total. The maximum Gasteiger partial charge on any atom is 0.226 e. The lowest BCUT2D eigenvalue weighted by molar-refractivity contribution is -0.118. The normalized spacial score (nSPS) is 11.5. The number of amides is 1. The van der Waals surface area contributed by atoms with Crippen molar-refractivity contribution in [1.29, 1.82) is 0 Å². The van der Waals surface area contributed by atoms with E-state index in [1.807, 2.05) is 44.2 Å². The molecule has 8 heteroatoms. The second-order valence-electron chi connectivity index (χ2n) is 8.74. The van der Waals surface area contributed by atoms with Gasteiger partial charge in [0.2, 0.25) is 5.91 Å². The molecule has 0 unspecified atom stereocenters.